The summed E-state index contributed by atoms with van der Waals surface area (Å²) in [6.07, 6.45) is 1.06. The molecule has 0 amide bonds. The molecule has 0 unspecified atom stereocenters. The van der Waals surface area contributed by atoms with Crippen LogP contribution in [0.3, 0.4) is 0 Å². The van der Waals surface area contributed by atoms with Gasteiger partial charge in [-0.25, -0.2) is 16.8 Å². The fourth-order valence-corrected chi connectivity index (χ4v) is 4.26. The summed E-state index contributed by atoms with van der Waals surface area (Å²) in [6, 6.07) is 12.1. The van der Waals surface area contributed by atoms with Crippen molar-refractivity contribution in [3.05, 3.63) is 60.0 Å². The van der Waals surface area contributed by atoms with Crippen molar-refractivity contribution in [3.8, 4) is 11.4 Å². The third-order valence-corrected chi connectivity index (χ3v) is 6.08. The Kier molecular flexibility index (Phi) is 5.73. The molecule has 2 aromatic carbocycles. The van der Waals surface area contributed by atoms with Crippen LogP contribution in [0.1, 0.15) is 24.4 Å². The highest BCUT2D eigenvalue weighted by Crippen LogP contribution is 2.22. The third-order valence-electron chi connectivity index (χ3n) is 3.92. The molecule has 29 heavy (non-hydrogen) atoms. The van der Waals surface area contributed by atoms with Gasteiger partial charge < -0.3 is 4.52 Å². The molecule has 1 atom stereocenters. The van der Waals surface area contributed by atoms with Gasteiger partial charge in [0.15, 0.2) is 0 Å². The molecule has 0 saturated carbocycles. The number of aromatic nitrogens is 2. The van der Waals surface area contributed by atoms with Gasteiger partial charge in [0, 0.05) is 11.3 Å². The monoisotopic (exact) mass is 436 g/mol. The first-order chi connectivity index (χ1) is 13.5. The summed E-state index contributed by atoms with van der Waals surface area (Å²) in [5, 5.41) is 3.87. The molecule has 0 aliphatic carbocycles. The summed E-state index contributed by atoms with van der Waals surface area (Å²) in [4.78, 5) is 4.38. The lowest BCUT2D eigenvalue weighted by Gasteiger charge is -2.10. The van der Waals surface area contributed by atoms with Crippen LogP contribution < -0.4 is 9.44 Å². The van der Waals surface area contributed by atoms with Crippen molar-refractivity contribution >= 4 is 25.7 Å². The van der Waals surface area contributed by atoms with Crippen molar-refractivity contribution in [1.29, 1.82) is 0 Å². The number of benzene rings is 2. The first-order valence-electron chi connectivity index (χ1n) is 8.54. The van der Waals surface area contributed by atoms with E-state index in [2.05, 4.69) is 19.6 Å². The van der Waals surface area contributed by atoms with E-state index in [-0.39, 0.29) is 16.6 Å². The second kappa shape index (κ2) is 7.93. The zero-order chi connectivity index (χ0) is 21.2. The standard InChI is InChI=1S/C18H20N4O5S2/c1-12-4-10-16(11-5-12)29(25,26)21-13(2)18-19-17(20-27-18)14-6-8-15(9-7-14)22-28(3,23)24/h4-11,13,21-22H,1-3H3/t13-/m0/s1. The van der Waals surface area contributed by atoms with Crippen molar-refractivity contribution in [2.24, 2.45) is 0 Å². The minimum atomic E-state index is -3.75. The highest BCUT2D eigenvalue weighted by atomic mass is 32.2. The normalized spacial score (nSPS) is 13.2. The largest absolute Gasteiger partial charge is 0.337 e. The lowest BCUT2D eigenvalue weighted by Crippen LogP contribution is -2.27. The number of nitrogens with one attached hydrogen (secondary N) is 2. The van der Waals surface area contributed by atoms with Gasteiger partial charge in [-0.2, -0.15) is 9.71 Å². The van der Waals surface area contributed by atoms with Gasteiger partial charge in [0.1, 0.15) is 0 Å². The summed E-state index contributed by atoms with van der Waals surface area (Å²) in [6.45, 7) is 3.47. The van der Waals surface area contributed by atoms with E-state index in [9.17, 15) is 16.8 Å². The molecular formula is C18H20N4O5S2. The Morgan fingerprint density at radius 1 is 0.966 bits per heavy atom. The lowest BCUT2D eigenvalue weighted by atomic mass is 10.2. The van der Waals surface area contributed by atoms with Crippen molar-refractivity contribution in [3.63, 3.8) is 0 Å². The molecule has 0 saturated heterocycles. The van der Waals surface area contributed by atoms with E-state index < -0.39 is 26.1 Å². The highest BCUT2D eigenvalue weighted by Gasteiger charge is 2.22. The van der Waals surface area contributed by atoms with E-state index in [1.807, 2.05) is 6.92 Å². The average molecular weight is 437 g/mol. The zero-order valence-electron chi connectivity index (χ0n) is 15.9. The molecule has 2 N–H and O–H groups in total. The van der Waals surface area contributed by atoms with Gasteiger partial charge in [-0.15, -0.1) is 0 Å². The minimum Gasteiger partial charge on any atom is -0.337 e. The Morgan fingerprint density at radius 3 is 2.17 bits per heavy atom. The van der Waals surface area contributed by atoms with Crippen LogP contribution in [-0.2, 0) is 20.0 Å². The van der Waals surface area contributed by atoms with E-state index in [1.165, 1.54) is 12.1 Å². The summed E-state index contributed by atoms with van der Waals surface area (Å²) >= 11 is 0. The minimum absolute atomic E-state index is 0.106. The second-order valence-electron chi connectivity index (χ2n) is 6.56. The highest BCUT2D eigenvalue weighted by molar-refractivity contribution is 7.92. The Balaban J connectivity index is 1.74. The van der Waals surface area contributed by atoms with E-state index in [1.54, 1.807) is 43.3 Å². The van der Waals surface area contributed by atoms with Crippen LogP contribution in [0.4, 0.5) is 5.69 Å². The Morgan fingerprint density at radius 2 is 1.59 bits per heavy atom. The van der Waals surface area contributed by atoms with Crippen LogP contribution in [0.5, 0.6) is 0 Å². The number of hydrogen-bond acceptors (Lipinski definition) is 7. The molecule has 0 fully saturated rings. The zero-order valence-corrected chi connectivity index (χ0v) is 17.6. The van der Waals surface area contributed by atoms with Crippen LogP contribution in [0, 0.1) is 6.92 Å². The van der Waals surface area contributed by atoms with Gasteiger partial charge in [0.2, 0.25) is 31.8 Å². The average Bonchev–Trinajstić information content (AvgIpc) is 3.11. The molecule has 0 aliphatic heterocycles. The number of rotatable bonds is 7. The number of anilines is 1. The first kappa shape index (κ1) is 21.0. The van der Waals surface area contributed by atoms with Gasteiger partial charge in [-0.1, -0.05) is 22.9 Å². The fraction of sp³-hybridized carbons (Fsp3) is 0.222. The Hall–Kier alpha value is -2.76. The van der Waals surface area contributed by atoms with Crippen molar-refractivity contribution in [1.82, 2.24) is 14.9 Å². The van der Waals surface area contributed by atoms with E-state index in [0.29, 0.717) is 11.3 Å². The molecule has 11 heteroatoms. The predicted octanol–water partition coefficient (Wildman–Crippen LogP) is 2.46. The number of nitrogens with zero attached hydrogens (tertiary/aromatic N) is 2. The summed E-state index contributed by atoms with van der Waals surface area (Å²) in [5.41, 5.74) is 1.95. The van der Waals surface area contributed by atoms with Crippen LogP contribution in [0.25, 0.3) is 11.4 Å². The fourth-order valence-electron chi connectivity index (χ4n) is 2.50. The maximum absolute atomic E-state index is 12.5. The van der Waals surface area contributed by atoms with Gasteiger partial charge in [0.25, 0.3) is 0 Å². The quantitative estimate of drug-likeness (QED) is 0.581. The van der Waals surface area contributed by atoms with Crippen LogP contribution in [0.2, 0.25) is 0 Å². The molecule has 1 aromatic heterocycles. The van der Waals surface area contributed by atoms with Gasteiger partial charge >= 0.3 is 0 Å². The molecule has 0 spiro atoms. The first-order valence-corrected chi connectivity index (χ1v) is 11.9. The van der Waals surface area contributed by atoms with Gasteiger partial charge in [-0.05, 0) is 50.2 Å². The molecule has 1 heterocycles. The Bertz CT molecular complexity index is 1200. The molecule has 9 nitrogen and oxygen atoms in total. The molecule has 0 radical (unpaired) electrons. The van der Waals surface area contributed by atoms with Crippen LogP contribution >= 0.6 is 0 Å². The van der Waals surface area contributed by atoms with Gasteiger partial charge in [-0.3, -0.25) is 4.72 Å². The molecule has 0 aliphatic rings. The van der Waals surface area contributed by atoms with Crippen molar-refractivity contribution < 1.29 is 21.4 Å². The Labute approximate surface area is 169 Å². The number of hydrogen-bond donors (Lipinski definition) is 2. The molecule has 0 bridgehead atoms. The topological polar surface area (TPSA) is 131 Å². The maximum atomic E-state index is 12.5. The smallest absolute Gasteiger partial charge is 0.244 e. The molecular weight excluding hydrogens is 416 g/mol. The lowest BCUT2D eigenvalue weighted by molar-refractivity contribution is 0.354. The predicted molar refractivity (Wildman–Crippen MR) is 108 cm³/mol. The number of aryl methyl sites for hydroxylation is 1. The van der Waals surface area contributed by atoms with Crippen molar-refractivity contribution in [2.45, 2.75) is 24.8 Å². The van der Waals surface area contributed by atoms with Gasteiger partial charge in [0.05, 0.1) is 17.2 Å². The maximum Gasteiger partial charge on any atom is 0.244 e. The SMILES string of the molecule is Cc1ccc(S(=O)(=O)N[C@@H](C)c2nc(-c3ccc(NS(C)(=O)=O)cc3)no2)cc1. The molecule has 3 rings (SSSR count). The van der Waals surface area contributed by atoms with Crippen molar-refractivity contribution in [2.75, 3.05) is 11.0 Å². The van der Waals surface area contributed by atoms with E-state index in [4.69, 9.17) is 4.52 Å². The third kappa shape index (κ3) is 5.40. The summed E-state index contributed by atoms with van der Waals surface area (Å²) in [7, 11) is -7.12. The molecule has 3 aromatic rings. The molecule has 154 valence electrons. The summed E-state index contributed by atoms with van der Waals surface area (Å²) < 4.78 is 57.6. The second-order valence-corrected chi connectivity index (χ2v) is 10.0. The van der Waals surface area contributed by atoms with E-state index >= 15 is 0 Å². The van der Waals surface area contributed by atoms with E-state index in [0.717, 1.165) is 11.8 Å². The van der Waals surface area contributed by atoms with Crippen LogP contribution in [0.15, 0.2) is 57.9 Å². The van der Waals surface area contributed by atoms with Crippen LogP contribution in [-0.4, -0.2) is 33.2 Å². The summed E-state index contributed by atoms with van der Waals surface area (Å²) in [5.74, 6) is 0.362. The number of sulfonamides is 2.